The molecule has 9 heteroatoms. The van der Waals surface area contributed by atoms with E-state index in [0.29, 0.717) is 19.8 Å². The smallest absolute Gasteiger partial charge is 0.381 e. The van der Waals surface area contributed by atoms with Crippen molar-refractivity contribution >= 4 is 29.7 Å². The van der Waals surface area contributed by atoms with Gasteiger partial charge in [0.1, 0.15) is 0 Å². The van der Waals surface area contributed by atoms with Crippen LogP contribution in [-0.2, 0) is 18.6 Å². The molecule has 1 amide bonds. The van der Waals surface area contributed by atoms with Crippen molar-refractivity contribution in [3.05, 3.63) is 0 Å². The van der Waals surface area contributed by atoms with Crippen LogP contribution < -0.4 is 0 Å². The summed E-state index contributed by atoms with van der Waals surface area (Å²) in [6, 6.07) is 0. The minimum atomic E-state index is -4.53. The van der Waals surface area contributed by atoms with Crippen LogP contribution in [0.25, 0.3) is 0 Å². The molecule has 0 aliphatic rings. The van der Waals surface area contributed by atoms with Crippen LogP contribution >= 0.6 is 23.8 Å². The largest absolute Gasteiger partial charge is 0.469 e. The lowest BCUT2D eigenvalue weighted by Crippen LogP contribution is -2.37. The molecule has 0 aromatic carbocycles. The first kappa shape index (κ1) is 33.0. The van der Waals surface area contributed by atoms with Crippen molar-refractivity contribution in [1.29, 1.82) is 0 Å². The van der Waals surface area contributed by atoms with Crippen molar-refractivity contribution in [2.75, 3.05) is 33.4 Å². The zero-order valence-corrected chi connectivity index (χ0v) is 23.7. The minimum Gasteiger partial charge on any atom is -0.381 e. The lowest BCUT2D eigenvalue weighted by Gasteiger charge is -2.27. The van der Waals surface area contributed by atoms with Crippen molar-refractivity contribution < 1.29 is 28.4 Å². The Kier molecular flexibility index (Phi) is 21.3. The van der Waals surface area contributed by atoms with Gasteiger partial charge in [0.25, 0.3) is 0 Å². The molecule has 0 heterocycles. The van der Waals surface area contributed by atoms with E-state index >= 15 is 0 Å². The average molecular weight is 559 g/mol. The molecule has 2 N–H and O–H groups in total. The number of phosphoric acid groups is 1. The van der Waals surface area contributed by atoms with Crippen molar-refractivity contribution in [2.45, 2.75) is 109 Å². The number of phosphoric ester groups is 1. The summed E-state index contributed by atoms with van der Waals surface area (Å²) in [4.78, 5) is 30.6. The number of amides is 1. The van der Waals surface area contributed by atoms with Crippen LogP contribution in [0.15, 0.2) is 0 Å². The number of nitrogens with zero attached hydrogens (tertiary/aromatic N) is 1. The molecule has 0 bridgehead atoms. The summed E-state index contributed by atoms with van der Waals surface area (Å²) < 4.78 is 21.4. The quantitative estimate of drug-likeness (QED) is 0.0850. The predicted octanol–water partition coefficient (Wildman–Crippen LogP) is 6.45. The Bertz CT molecular complexity index is 519. The molecule has 0 aromatic heterocycles. The highest BCUT2D eigenvalue weighted by molar-refractivity contribution is 9.09. The number of halogens is 1. The minimum absolute atomic E-state index is 0.0671. The lowest BCUT2D eigenvalue weighted by atomic mass is 10.0. The molecule has 2 atom stereocenters. The second kappa shape index (κ2) is 21.3. The molecule has 7 nitrogen and oxygen atoms in total. The molecule has 0 spiro atoms. The van der Waals surface area contributed by atoms with Crippen LogP contribution in [-0.4, -0.2) is 58.8 Å². The third-order valence-corrected chi connectivity index (χ3v) is 7.43. The molecule has 0 aromatic rings. The topological polar surface area (TPSA) is 96.3 Å². The van der Waals surface area contributed by atoms with Crippen LogP contribution in [0.3, 0.4) is 0 Å². The molecule has 198 valence electrons. The van der Waals surface area contributed by atoms with Crippen LogP contribution in [0.1, 0.15) is 104 Å². The Hall–Kier alpha value is 0.0200. The predicted molar refractivity (Wildman–Crippen MR) is 139 cm³/mol. The van der Waals surface area contributed by atoms with Crippen molar-refractivity contribution in [3.8, 4) is 0 Å². The van der Waals surface area contributed by atoms with Gasteiger partial charge in [-0.25, -0.2) is 4.57 Å². The maximum atomic E-state index is 11.6. The maximum Gasteiger partial charge on any atom is 0.469 e. The Morgan fingerprint density at radius 3 is 1.76 bits per heavy atom. The molecule has 0 radical (unpaired) electrons. The highest BCUT2D eigenvalue weighted by Crippen LogP contribution is 2.37. The first-order valence-electron chi connectivity index (χ1n) is 12.8. The summed E-state index contributed by atoms with van der Waals surface area (Å²) >= 11 is 3.44. The molecule has 0 rings (SSSR count). The standard InChI is InChI=1S/C24H49BrNO6P/c1-4-5-6-7-8-9-10-11-12-13-14-15-16-17-18-31-20-23(19-26(3)22(2)27)24(25)21-32-33(28,29)30/h23-24H,4-21H2,1-3H3,(H2,28,29,30). The number of ether oxygens (including phenoxy) is 1. The van der Waals surface area contributed by atoms with E-state index in [1.807, 2.05) is 0 Å². The van der Waals surface area contributed by atoms with Crippen LogP contribution in [0.2, 0.25) is 0 Å². The molecule has 33 heavy (non-hydrogen) atoms. The van der Waals surface area contributed by atoms with E-state index in [4.69, 9.17) is 14.5 Å². The normalized spacial score (nSPS) is 13.8. The van der Waals surface area contributed by atoms with Crippen LogP contribution in [0.5, 0.6) is 0 Å². The fourth-order valence-electron chi connectivity index (χ4n) is 3.69. The highest BCUT2D eigenvalue weighted by atomic mass is 79.9. The first-order valence-corrected chi connectivity index (χ1v) is 15.3. The highest BCUT2D eigenvalue weighted by Gasteiger charge is 2.25. The molecule has 0 saturated heterocycles. The van der Waals surface area contributed by atoms with Gasteiger partial charge in [0.05, 0.1) is 13.2 Å². The third-order valence-electron chi connectivity index (χ3n) is 5.93. The SMILES string of the molecule is CCCCCCCCCCCCCCCCOCC(CN(C)C(C)=O)C(Br)COP(=O)(O)O. The van der Waals surface area contributed by atoms with Gasteiger partial charge in [-0.1, -0.05) is 106 Å². The van der Waals surface area contributed by atoms with E-state index in [9.17, 15) is 9.36 Å². The van der Waals surface area contributed by atoms with Crippen molar-refractivity contribution in [2.24, 2.45) is 5.92 Å². The Morgan fingerprint density at radius 2 is 1.33 bits per heavy atom. The van der Waals surface area contributed by atoms with Crippen LogP contribution in [0.4, 0.5) is 0 Å². The summed E-state index contributed by atoms with van der Waals surface area (Å²) in [5.41, 5.74) is 0. The number of carbonyl (C=O) groups excluding carboxylic acids is 1. The second-order valence-corrected chi connectivity index (χ2v) is 11.5. The van der Waals surface area contributed by atoms with E-state index in [1.165, 1.54) is 84.0 Å². The summed E-state index contributed by atoms with van der Waals surface area (Å²) in [7, 11) is -2.83. The summed E-state index contributed by atoms with van der Waals surface area (Å²) in [5, 5.41) is 0. The number of carbonyl (C=O) groups is 1. The Morgan fingerprint density at radius 1 is 0.879 bits per heavy atom. The molecule has 0 aliphatic carbocycles. The van der Waals surface area contributed by atoms with E-state index in [-0.39, 0.29) is 23.3 Å². The van der Waals surface area contributed by atoms with Crippen molar-refractivity contribution in [1.82, 2.24) is 4.90 Å². The van der Waals surface area contributed by atoms with E-state index in [1.54, 1.807) is 11.9 Å². The van der Waals surface area contributed by atoms with Gasteiger partial charge in [-0.3, -0.25) is 9.32 Å². The molecule has 2 unspecified atom stereocenters. The molecule has 0 aliphatic heterocycles. The first-order chi connectivity index (χ1) is 15.7. The van der Waals surface area contributed by atoms with E-state index in [0.717, 1.165) is 12.8 Å². The Labute approximate surface area is 210 Å². The van der Waals surface area contributed by atoms with E-state index in [2.05, 4.69) is 27.4 Å². The molecule has 0 fully saturated rings. The number of alkyl halides is 1. The van der Waals surface area contributed by atoms with Gasteiger partial charge in [0, 0.05) is 37.9 Å². The number of unbranched alkanes of at least 4 members (excludes halogenated alkanes) is 13. The lowest BCUT2D eigenvalue weighted by molar-refractivity contribution is -0.128. The fraction of sp³-hybridized carbons (Fsp3) is 0.958. The van der Waals surface area contributed by atoms with Gasteiger partial charge in [-0.2, -0.15) is 0 Å². The van der Waals surface area contributed by atoms with Crippen molar-refractivity contribution in [3.63, 3.8) is 0 Å². The van der Waals surface area contributed by atoms with Gasteiger partial charge in [-0.15, -0.1) is 0 Å². The summed E-state index contributed by atoms with van der Waals surface area (Å²) in [5.74, 6) is -0.195. The van der Waals surface area contributed by atoms with Gasteiger partial charge >= 0.3 is 7.82 Å². The second-order valence-electron chi connectivity index (χ2n) is 9.13. The molecular formula is C24H49BrNO6P. The summed E-state index contributed by atoms with van der Waals surface area (Å²) in [6.45, 7) is 5.07. The Balaban J connectivity index is 3.82. The van der Waals surface area contributed by atoms with Gasteiger partial charge < -0.3 is 19.4 Å². The van der Waals surface area contributed by atoms with Gasteiger partial charge in [0.2, 0.25) is 5.91 Å². The van der Waals surface area contributed by atoms with Gasteiger partial charge in [0.15, 0.2) is 0 Å². The van der Waals surface area contributed by atoms with Crippen LogP contribution in [0, 0.1) is 5.92 Å². The van der Waals surface area contributed by atoms with E-state index < -0.39 is 7.82 Å². The number of hydrogen-bond donors (Lipinski definition) is 2. The molecular weight excluding hydrogens is 509 g/mol. The third kappa shape index (κ3) is 22.2. The number of hydrogen-bond acceptors (Lipinski definition) is 4. The fourth-order valence-corrected chi connectivity index (χ4v) is 4.70. The van der Waals surface area contributed by atoms with Gasteiger partial charge in [-0.05, 0) is 6.42 Å². The monoisotopic (exact) mass is 557 g/mol. The molecule has 0 saturated carbocycles. The number of rotatable bonds is 23. The zero-order valence-electron chi connectivity index (χ0n) is 21.2. The zero-order chi connectivity index (χ0) is 25.0. The summed E-state index contributed by atoms with van der Waals surface area (Å²) in [6.07, 6.45) is 18.4. The average Bonchev–Trinajstić information content (AvgIpc) is 2.75. The maximum absolute atomic E-state index is 11.6.